The highest BCUT2D eigenvalue weighted by molar-refractivity contribution is 5.59. The van der Waals surface area contributed by atoms with Crippen molar-refractivity contribution in [1.82, 2.24) is 9.78 Å². The van der Waals surface area contributed by atoms with Crippen LogP contribution >= 0.6 is 0 Å². The molecule has 0 bridgehead atoms. The number of anilines is 1. The Morgan fingerprint density at radius 3 is 2.67 bits per heavy atom. The van der Waals surface area contributed by atoms with Gasteiger partial charge in [0.2, 0.25) is 5.82 Å². The Hall–Kier alpha value is -1.63. The minimum atomic E-state index is -0.377. The number of hydrogen-bond acceptors (Lipinski definition) is 5. The molecule has 0 radical (unpaired) electrons. The first-order valence-electron chi connectivity index (χ1n) is 7.39. The lowest BCUT2D eigenvalue weighted by Gasteiger charge is -2.25. The molecule has 120 valence electrons. The molecule has 0 aliphatic heterocycles. The quantitative estimate of drug-likeness (QED) is 0.540. The summed E-state index contributed by atoms with van der Waals surface area (Å²) in [4.78, 5) is 10.9. The van der Waals surface area contributed by atoms with Crippen LogP contribution in [0.1, 0.15) is 45.7 Å². The van der Waals surface area contributed by atoms with Crippen molar-refractivity contribution in [2.75, 3.05) is 18.5 Å². The Morgan fingerprint density at radius 1 is 1.48 bits per heavy atom. The summed E-state index contributed by atoms with van der Waals surface area (Å²) in [5, 5.41) is 27.6. The molecular formula is C14H26N4O3. The number of nitrogens with one attached hydrogen (secondary N) is 1. The summed E-state index contributed by atoms with van der Waals surface area (Å²) < 4.78 is 1.68. The van der Waals surface area contributed by atoms with Gasteiger partial charge in [-0.1, -0.05) is 20.8 Å². The van der Waals surface area contributed by atoms with Crippen LogP contribution in [0.3, 0.4) is 0 Å². The lowest BCUT2D eigenvalue weighted by atomic mass is 9.88. The summed E-state index contributed by atoms with van der Waals surface area (Å²) >= 11 is 0. The molecule has 2 N–H and O–H groups in total. The van der Waals surface area contributed by atoms with Crippen molar-refractivity contribution in [3.63, 3.8) is 0 Å². The lowest BCUT2D eigenvalue weighted by Crippen LogP contribution is -2.25. The van der Waals surface area contributed by atoms with E-state index < -0.39 is 0 Å². The molecule has 0 aromatic carbocycles. The minimum Gasteiger partial charge on any atom is -0.396 e. The van der Waals surface area contributed by atoms with Crippen LogP contribution in [0, 0.1) is 22.5 Å². The van der Waals surface area contributed by atoms with E-state index in [9.17, 15) is 10.1 Å². The third kappa shape index (κ3) is 4.70. The van der Waals surface area contributed by atoms with E-state index in [1.165, 1.54) is 0 Å². The Kier molecular flexibility index (Phi) is 6.14. The van der Waals surface area contributed by atoms with Crippen molar-refractivity contribution in [3.8, 4) is 0 Å². The normalized spacial score (nSPS) is 11.7. The molecule has 0 saturated heterocycles. The van der Waals surface area contributed by atoms with Crippen LogP contribution in [-0.2, 0) is 6.54 Å². The number of rotatable bonds is 9. The molecule has 1 aromatic heterocycles. The van der Waals surface area contributed by atoms with Gasteiger partial charge in [0.1, 0.15) is 5.69 Å². The lowest BCUT2D eigenvalue weighted by molar-refractivity contribution is -0.384. The first kappa shape index (κ1) is 17.4. The maximum Gasteiger partial charge on any atom is 0.333 e. The van der Waals surface area contributed by atoms with E-state index in [4.69, 9.17) is 5.11 Å². The predicted octanol–water partition coefficient (Wildman–Crippen LogP) is 2.72. The topological polar surface area (TPSA) is 93.2 Å². The van der Waals surface area contributed by atoms with Gasteiger partial charge in [0.25, 0.3) is 0 Å². The largest absolute Gasteiger partial charge is 0.396 e. The molecule has 21 heavy (non-hydrogen) atoms. The molecule has 1 heterocycles. The van der Waals surface area contributed by atoms with E-state index in [0.29, 0.717) is 24.6 Å². The molecule has 0 saturated carbocycles. The molecule has 0 unspecified atom stereocenters. The Morgan fingerprint density at radius 2 is 2.14 bits per heavy atom. The molecule has 0 amide bonds. The van der Waals surface area contributed by atoms with Gasteiger partial charge in [0.15, 0.2) is 0 Å². The summed E-state index contributed by atoms with van der Waals surface area (Å²) in [5.74, 6) is 0.483. The van der Waals surface area contributed by atoms with Crippen molar-refractivity contribution in [3.05, 3.63) is 15.8 Å². The first-order valence-corrected chi connectivity index (χ1v) is 7.39. The van der Waals surface area contributed by atoms with E-state index in [-0.39, 0.29) is 22.6 Å². The Bertz CT molecular complexity index is 483. The van der Waals surface area contributed by atoms with Crippen LogP contribution in [0.15, 0.2) is 0 Å². The number of aromatic nitrogens is 2. The summed E-state index contributed by atoms with van der Waals surface area (Å²) in [5.41, 5.74) is 0.441. The molecule has 0 aliphatic rings. The third-order valence-electron chi connectivity index (χ3n) is 3.46. The van der Waals surface area contributed by atoms with Crippen molar-refractivity contribution < 1.29 is 10.0 Å². The van der Waals surface area contributed by atoms with E-state index in [2.05, 4.69) is 24.3 Å². The molecule has 7 heteroatoms. The average molecular weight is 298 g/mol. The van der Waals surface area contributed by atoms with E-state index in [1.54, 1.807) is 11.6 Å². The maximum absolute atomic E-state index is 11.2. The first-order chi connectivity index (χ1) is 9.82. The van der Waals surface area contributed by atoms with E-state index >= 15 is 0 Å². The molecule has 0 spiro atoms. The fraction of sp³-hybridized carbons (Fsp3) is 0.786. The minimum absolute atomic E-state index is 0.0498. The van der Waals surface area contributed by atoms with Crippen molar-refractivity contribution >= 4 is 11.5 Å². The molecule has 1 rings (SSSR count). The van der Waals surface area contributed by atoms with Gasteiger partial charge in [-0.3, -0.25) is 10.1 Å². The van der Waals surface area contributed by atoms with Gasteiger partial charge in [-0.05, 0) is 31.6 Å². The van der Waals surface area contributed by atoms with E-state index in [1.807, 2.05) is 6.92 Å². The Balaban J connectivity index is 2.92. The smallest absolute Gasteiger partial charge is 0.333 e. The fourth-order valence-electron chi connectivity index (χ4n) is 2.31. The molecule has 0 fully saturated rings. The zero-order valence-corrected chi connectivity index (χ0v) is 13.3. The van der Waals surface area contributed by atoms with Gasteiger partial charge < -0.3 is 10.4 Å². The van der Waals surface area contributed by atoms with E-state index in [0.717, 1.165) is 19.3 Å². The second-order valence-corrected chi connectivity index (χ2v) is 6.11. The summed E-state index contributed by atoms with van der Waals surface area (Å²) in [6, 6.07) is 0. The van der Waals surface area contributed by atoms with Crippen molar-refractivity contribution in [1.29, 1.82) is 0 Å². The second-order valence-electron chi connectivity index (χ2n) is 6.11. The number of aliphatic hydroxyl groups is 1. The highest BCUT2D eigenvalue weighted by atomic mass is 16.6. The average Bonchev–Trinajstić information content (AvgIpc) is 2.71. The number of hydrogen-bond donors (Lipinski definition) is 2. The summed E-state index contributed by atoms with van der Waals surface area (Å²) in [6.45, 7) is 9.24. The number of nitro groups is 1. The molecule has 1 aromatic rings. The standard InChI is InChI=1S/C14H26N4O3/c1-5-8-17-13(12(18(20)21)11(2)16-17)15-10-14(3,4)7-6-9-19/h15,19H,5-10H2,1-4H3. The SMILES string of the molecule is CCCn1nc(C)c([N+](=O)[O-])c1NCC(C)(C)CCCO. The van der Waals surface area contributed by atoms with Crippen LogP contribution < -0.4 is 5.32 Å². The zero-order chi connectivity index (χ0) is 16.0. The monoisotopic (exact) mass is 298 g/mol. The van der Waals surface area contributed by atoms with Gasteiger partial charge in [-0.25, -0.2) is 4.68 Å². The van der Waals surface area contributed by atoms with Gasteiger partial charge >= 0.3 is 5.69 Å². The zero-order valence-electron chi connectivity index (χ0n) is 13.3. The van der Waals surface area contributed by atoms with Crippen LogP contribution in [0.2, 0.25) is 0 Å². The van der Waals surface area contributed by atoms with Crippen LogP contribution in [0.4, 0.5) is 11.5 Å². The Labute approximate surface area is 125 Å². The molecular weight excluding hydrogens is 272 g/mol. The number of aliphatic hydroxyl groups excluding tert-OH is 1. The highest BCUT2D eigenvalue weighted by Gasteiger charge is 2.27. The molecule has 7 nitrogen and oxygen atoms in total. The van der Waals surface area contributed by atoms with Crippen LogP contribution in [0.5, 0.6) is 0 Å². The predicted molar refractivity (Wildman–Crippen MR) is 82.5 cm³/mol. The highest BCUT2D eigenvalue weighted by Crippen LogP contribution is 2.30. The van der Waals surface area contributed by atoms with Crippen molar-refractivity contribution in [2.45, 2.75) is 53.5 Å². The summed E-state index contributed by atoms with van der Waals surface area (Å²) in [6.07, 6.45) is 2.44. The second kappa shape index (κ2) is 7.40. The number of nitrogens with zero attached hydrogens (tertiary/aromatic N) is 3. The molecule has 0 aliphatic carbocycles. The van der Waals surface area contributed by atoms with Crippen LogP contribution in [-0.4, -0.2) is 33.0 Å². The van der Waals surface area contributed by atoms with Gasteiger partial charge in [0, 0.05) is 19.7 Å². The fourth-order valence-corrected chi connectivity index (χ4v) is 2.31. The number of aryl methyl sites for hydroxylation is 2. The summed E-state index contributed by atoms with van der Waals surface area (Å²) in [7, 11) is 0. The van der Waals surface area contributed by atoms with Crippen molar-refractivity contribution in [2.24, 2.45) is 5.41 Å². The maximum atomic E-state index is 11.2. The van der Waals surface area contributed by atoms with Crippen LogP contribution in [0.25, 0.3) is 0 Å². The van der Waals surface area contributed by atoms with Gasteiger partial charge in [-0.2, -0.15) is 5.10 Å². The molecule has 0 atom stereocenters. The van der Waals surface area contributed by atoms with Gasteiger partial charge in [-0.15, -0.1) is 0 Å². The van der Waals surface area contributed by atoms with Gasteiger partial charge in [0.05, 0.1) is 4.92 Å². The third-order valence-corrected chi connectivity index (χ3v) is 3.46.